The van der Waals surface area contributed by atoms with Gasteiger partial charge in [-0.1, -0.05) is 44.2 Å². The Bertz CT molecular complexity index is 689. The number of fused-ring (bicyclic) bond motifs is 1. The van der Waals surface area contributed by atoms with Gasteiger partial charge in [-0.15, -0.1) is 11.8 Å². The summed E-state index contributed by atoms with van der Waals surface area (Å²) in [5, 5.41) is 24.0. The molecule has 0 bridgehead atoms. The van der Waals surface area contributed by atoms with E-state index in [-0.39, 0.29) is 17.9 Å². The average Bonchev–Trinajstić information content (AvgIpc) is 2.79. The van der Waals surface area contributed by atoms with Gasteiger partial charge in [0.1, 0.15) is 5.75 Å². The summed E-state index contributed by atoms with van der Waals surface area (Å²) in [6.07, 6.45) is 2.34. The zero-order chi connectivity index (χ0) is 17.8. The van der Waals surface area contributed by atoms with Crippen molar-refractivity contribution in [3.63, 3.8) is 0 Å². The fourth-order valence-corrected chi connectivity index (χ4v) is 5.01. The van der Waals surface area contributed by atoms with Gasteiger partial charge in [-0.25, -0.2) is 0 Å². The summed E-state index contributed by atoms with van der Waals surface area (Å²) in [4.78, 5) is 1.28. The molecule has 0 saturated heterocycles. The van der Waals surface area contributed by atoms with Gasteiger partial charge in [0.2, 0.25) is 0 Å². The normalized spacial score (nSPS) is 24.4. The molecule has 0 fully saturated rings. The van der Waals surface area contributed by atoms with Gasteiger partial charge < -0.3 is 15.5 Å². The van der Waals surface area contributed by atoms with Gasteiger partial charge >= 0.3 is 0 Å². The summed E-state index contributed by atoms with van der Waals surface area (Å²) in [5.41, 5.74) is 2.42. The van der Waals surface area contributed by atoms with Crippen molar-refractivity contribution in [2.45, 2.75) is 61.4 Å². The van der Waals surface area contributed by atoms with Crippen molar-refractivity contribution < 1.29 is 10.2 Å². The lowest BCUT2D eigenvalue weighted by molar-refractivity contribution is 0.154. The molecular weight excluding hydrogens is 330 g/mol. The second kappa shape index (κ2) is 8.26. The summed E-state index contributed by atoms with van der Waals surface area (Å²) < 4.78 is 0. The van der Waals surface area contributed by atoms with E-state index in [0.29, 0.717) is 11.3 Å². The molecule has 1 aliphatic rings. The number of nitrogens with one attached hydrogen (secondary N) is 1. The summed E-state index contributed by atoms with van der Waals surface area (Å²) in [7, 11) is 0. The van der Waals surface area contributed by atoms with E-state index in [2.05, 4.69) is 36.5 Å². The van der Waals surface area contributed by atoms with Crippen LogP contribution in [-0.2, 0) is 0 Å². The fraction of sp³-hybridized carbons (Fsp3) is 0.429. The maximum Gasteiger partial charge on any atom is 0.115 e. The molecule has 0 amide bonds. The van der Waals surface area contributed by atoms with E-state index in [1.54, 1.807) is 12.1 Å². The average molecular weight is 358 g/mol. The van der Waals surface area contributed by atoms with Crippen LogP contribution in [0.1, 0.15) is 50.3 Å². The molecule has 4 atom stereocenters. The van der Waals surface area contributed by atoms with Crippen molar-refractivity contribution in [1.82, 2.24) is 5.32 Å². The van der Waals surface area contributed by atoms with Crippen LogP contribution in [-0.4, -0.2) is 27.6 Å². The molecule has 0 saturated carbocycles. The number of rotatable bonds is 5. The quantitative estimate of drug-likeness (QED) is 0.738. The molecule has 2 aromatic carbocycles. The Balaban J connectivity index is 1.98. The van der Waals surface area contributed by atoms with Crippen LogP contribution in [0, 0.1) is 0 Å². The maximum absolute atomic E-state index is 10.2. The Morgan fingerprint density at radius 1 is 1.08 bits per heavy atom. The highest BCUT2D eigenvalue weighted by atomic mass is 32.2. The highest BCUT2D eigenvalue weighted by molar-refractivity contribution is 8.00. The monoisotopic (exact) mass is 357 g/mol. The highest BCUT2D eigenvalue weighted by Gasteiger charge is 2.32. The van der Waals surface area contributed by atoms with Gasteiger partial charge in [-0.2, -0.15) is 0 Å². The van der Waals surface area contributed by atoms with E-state index in [4.69, 9.17) is 0 Å². The van der Waals surface area contributed by atoms with Crippen molar-refractivity contribution in [3.05, 3.63) is 59.7 Å². The van der Waals surface area contributed by atoms with Gasteiger partial charge in [0.15, 0.2) is 0 Å². The third-order valence-corrected chi connectivity index (χ3v) is 6.43. The SMILES string of the molecule is CC[C@@H](O)C[C@H]1Sc2ccccc2C(c2ccc(O)cc2)N[C@@H]1CC. The molecule has 4 heteroatoms. The first-order valence-electron chi connectivity index (χ1n) is 9.11. The Hall–Kier alpha value is -1.49. The van der Waals surface area contributed by atoms with Crippen LogP contribution in [0.5, 0.6) is 5.75 Å². The van der Waals surface area contributed by atoms with Gasteiger partial charge in [0.25, 0.3) is 0 Å². The predicted molar refractivity (Wildman–Crippen MR) is 104 cm³/mol. The Labute approximate surface area is 154 Å². The van der Waals surface area contributed by atoms with E-state index in [1.807, 2.05) is 30.8 Å². The van der Waals surface area contributed by atoms with E-state index < -0.39 is 0 Å². The van der Waals surface area contributed by atoms with E-state index >= 15 is 0 Å². The largest absolute Gasteiger partial charge is 0.508 e. The van der Waals surface area contributed by atoms with Crippen molar-refractivity contribution >= 4 is 11.8 Å². The van der Waals surface area contributed by atoms with E-state index in [0.717, 1.165) is 24.8 Å². The second-order valence-electron chi connectivity index (χ2n) is 6.70. The summed E-state index contributed by atoms with van der Waals surface area (Å²) >= 11 is 1.88. The minimum Gasteiger partial charge on any atom is -0.508 e. The Morgan fingerprint density at radius 3 is 2.48 bits per heavy atom. The molecule has 0 aliphatic carbocycles. The second-order valence-corrected chi connectivity index (χ2v) is 7.98. The van der Waals surface area contributed by atoms with Gasteiger partial charge in [0.05, 0.1) is 12.1 Å². The number of phenols is 1. The first-order valence-corrected chi connectivity index (χ1v) is 9.99. The lowest BCUT2D eigenvalue weighted by Crippen LogP contribution is -2.40. The molecule has 0 radical (unpaired) electrons. The predicted octanol–water partition coefficient (Wildman–Crippen LogP) is 4.49. The molecule has 1 heterocycles. The molecule has 3 nitrogen and oxygen atoms in total. The molecular formula is C21H27NO2S. The maximum atomic E-state index is 10.2. The number of thioether (sulfide) groups is 1. The number of aliphatic hydroxyl groups excluding tert-OH is 1. The minimum atomic E-state index is -0.259. The number of hydrogen-bond donors (Lipinski definition) is 3. The molecule has 3 N–H and O–H groups in total. The van der Waals surface area contributed by atoms with E-state index in [1.165, 1.54) is 10.5 Å². The van der Waals surface area contributed by atoms with Crippen LogP contribution in [0.3, 0.4) is 0 Å². The topological polar surface area (TPSA) is 52.5 Å². The number of benzene rings is 2. The number of hydrogen-bond acceptors (Lipinski definition) is 4. The van der Waals surface area contributed by atoms with Crippen molar-refractivity contribution in [1.29, 1.82) is 0 Å². The third-order valence-electron chi connectivity index (χ3n) is 4.98. The summed E-state index contributed by atoms with van der Waals surface area (Å²) in [6.45, 7) is 4.24. The van der Waals surface area contributed by atoms with Crippen LogP contribution >= 0.6 is 11.8 Å². The zero-order valence-electron chi connectivity index (χ0n) is 14.9. The van der Waals surface area contributed by atoms with Crippen molar-refractivity contribution in [2.75, 3.05) is 0 Å². The Morgan fingerprint density at radius 2 is 1.80 bits per heavy atom. The van der Waals surface area contributed by atoms with Crippen LogP contribution < -0.4 is 5.32 Å². The molecule has 1 aliphatic heterocycles. The standard InChI is InChI=1S/C21H27NO2S/c1-3-15(23)13-20-18(4-2)22-21(14-9-11-16(24)12-10-14)17-7-5-6-8-19(17)25-20/h5-12,15,18,20-24H,3-4,13H2,1-2H3/t15-,18-,20-,21?/m1/s1. The number of phenolic OH excluding ortho intramolecular Hbond substituents is 1. The van der Waals surface area contributed by atoms with E-state index in [9.17, 15) is 10.2 Å². The number of aliphatic hydroxyl groups is 1. The van der Waals surface area contributed by atoms with Crippen LogP contribution in [0.15, 0.2) is 53.4 Å². The lowest BCUT2D eigenvalue weighted by Gasteiger charge is -2.28. The van der Waals surface area contributed by atoms with Crippen LogP contribution in [0.2, 0.25) is 0 Å². The first-order chi connectivity index (χ1) is 12.1. The molecule has 25 heavy (non-hydrogen) atoms. The first kappa shape index (κ1) is 18.3. The molecule has 3 rings (SSSR count). The molecule has 0 spiro atoms. The fourth-order valence-electron chi connectivity index (χ4n) is 3.45. The molecule has 2 aromatic rings. The van der Waals surface area contributed by atoms with Crippen LogP contribution in [0.4, 0.5) is 0 Å². The van der Waals surface area contributed by atoms with Gasteiger partial charge in [-0.05, 0) is 48.6 Å². The molecule has 134 valence electrons. The van der Waals surface area contributed by atoms with Gasteiger partial charge in [-0.3, -0.25) is 0 Å². The number of aromatic hydroxyl groups is 1. The highest BCUT2D eigenvalue weighted by Crippen LogP contribution is 2.40. The van der Waals surface area contributed by atoms with Crippen molar-refractivity contribution in [3.8, 4) is 5.75 Å². The Kier molecular flexibility index (Phi) is 6.05. The zero-order valence-corrected chi connectivity index (χ0v) is 15.7. The smallest absolute Gasteiger partial charge is 0.115 e. The van der Waals surface area contributed by atoms with Gasteiger partial charge in [0, 0.05) is 16.2 Å². The summed E-state index contributed by atoms with van der Waals surface area (Å²) in [5.74, 6) is 0.288. The third kappa shape index (κ3) is 4.20. The molecule has 0 aromatic heterocycles. The lowest BCUT2D eigenvalue weighted by atomic mass is 9.95. The van der Waals surface area contributed by atoms with Crippen LogP contribution in [0.25, 0.3) is 0 Å². The molecule has 1 unspecified atom stereocenters. The minimum absolute atomic E-state index is 0.0954. The summed E-state index contributed by atoms with van der Waals surface area (Å²) in [6, 6.07) is 16.4. The van der Waals surface area contributed by atoms with Crippen molar-refractivity contribution in [2.24, 2.45) is 0 Å².